The number of halogens is 1. The van der Waals surface area contributed by atoms with E-state index in [1.165, 1.54) is 12.1 Å². The molecule has 199 valence electrons. The predicted molar refractivity (Wildman–Crippen MR) is 148 cm³/mol. The Kier molecular flexibility index (Phi) is 9.96. The SMILES string of the molecule is CC(C)CC(=O)/C=C(\O)CC(C)C.Fc1cccc2oc3c(-c4[c-]cccc4)nc4ccccc4c3c12.[Ir]. The Balaban J connectivity index is 0.000000248. The number of para-hydroxylation sites is 1. The summed E-state index contributed by atoms with van der Waals surface area (Å²) in [6.07, 6.45) is 2.46. The molecule has 0 fully saturated rings. The molecule has 2 heterocycles. The van der Waals surface area contributed by atoms with E-state index in [0.717, 1.165) is 21.9 Å². The first-order valence-corrected chi connectivity index (χ1v) is 12.5. The van der Waals surface area contributed by atoms with Crippen LogP contribution in [0.5, 0.6) is 0 Å². The topological polar surface area (TPSA) is 63.3 Å². The number of hydrogen-bond acceptors (Lipinski definition) is 4. The van der Waals surface area contributed by atoms with E-state index in [0.29, 0.717) is 46.9 Å². The first-order valence-electron chi connectivity index (χ1n) is 12.5. The molecule has 0 saturated carbocycles. The van der Waals surface area contributed by atoms with Crippen molar-refractivity contribution >= 4 is 38.6 Å². The van der Waals surface area contributed by atoms with Crippen LogP contribution < -0.4 is 0 Å². The van der Waals surface area contributed by atoms with E-state index in [2.05, 4.69) is 6.07 Å². The molecular formula is C32H31FIrNO3-. The summed E-state index contributed by atoms with van der Waals surface area (Å²) in [5, 5.41) is 11.5. The number of aromatic nitrogens is 1. The summed E-state index contributed by atoms with van der Waals surface area (Å²) >= 11 is 0. The first-order chi connectivity index (χ1) is 17.7. The molecule has 38 heavy (non-hydrogen) atoms. The number of fused-ring (bicyclic) bond motifs is 5. The summed E-state index contributed by atoms with van der Waals surface area (Å²) in [4.78, 5) is 16.0. The van der Waals surface area contributed by atoms with E-state index in [-0.39, 0.29) is 37.5 Å². The third-order valence-electron chi connectivity index (χ3n) is 5.80. The van der Waals surface area contributed by atoms with Crippen LogP contribution in [0.3, 0.4) is 0 Å². The van der Waals surface area contributed by atoms with Crippen molar-refractivity contribution in [3.63, 3.8) is 0 Å². The van der Waals surface area contributed by atoms with Crippen molar-refractivity contribution in [1.29, 1.82) is 0 Å². The summed E-state index contributed by atoms with van der Waals surface area (Å²) in [6, 6.07) is 23.4. The van der Waals surface area contributed by atoms with Crippen LogP contribution in [0, 0.1) is 23.7 Å². The Morgan fingerprint density at radius 2 is 1.68 bits per heavy atom. The van der Waals surface area contributed by atoms with E-state index in [9.17, 15) is 14.3 Å². The molecule has 5 aromatic rings. The minimum atomic E-state index is -0.286. The van der Waals surface area contributed by atoms with E-state index in [1.807, 2.05) is 76.2 Å². The van der Waals surface area contributed by atoms with Crippen LogP contribution in [0.15, 0.2) is 83.0 Å². The Morgan fingerprint density at radius 3 is 2.37 bits per heavy atom. The second kappa shape index (κ2) is 12.9. The fraction of sp³-hybridized carbons (Fsp3) is 0.250. The van der Waals surface area contributed by atoms with E-state index in [4.69, 9.17) is 9.40 Å². The molecule has 0 aliphatic heterocycles. The van der Waals surface area contributed by atoms with Gasteiger partial charge in [-0.05, 0) is 30.0 Å². The van der Waals surface area contributed by atoms with E-state index >= 15 is 0 Å². The number of rotatable bonds is 6. The number of nitrogens with zero attached hydrogens (tertiary/aromatic N) is 1. The van der Waals surface area contributed by atoms with Crippen LogP contribution in [0.1, 0.15) is 40.5 Å². The number of benzene rings is 3. The van der Waals surface area contributed by atoms with E-state index < -0.39 is 0 Å². The van der Waals surface area contributed by atoms with Crippen LogP contribution in [0.4, 0.5) is 4.39 Å². The van der Waals surface area contributed by atoms with Gasteiger partial charge >= 0.3 is 0 Å². The third kappa shape index (κ3) is 6.75. The number of carbonyl (C=O) groups is 1. The first kappa shape index (κ1) is 29.2. The summed E-state index contributed by atoms with van der Waals surface area (Å²) in [5.74, 6) is 0.693. The maximum absolute atomic E-state index is 14.5. The fourth-order valence-corrected chi connectivity index (χ4v) is 4.33. The molecule has 0 aliphatic carbocycles. The Morgan fingerprint density at radius 1 is 0.974 bits per heavy atom. The van der Waals surface area contributed by atoms with Crippen LogP contribution in [-0.2, 0) is 24.9 Å². The Hall–Kier alpha value is -3.34. The third-order valence-corrected chi connectivity index (χ3v) is 5.80. The summed E-state index contributed by atoms with van der Waals surface area (Å²) in [7, 11) is 0. The van der Waals surface area contributed by atoms with Gasteiger partial charge in [0.25, 0.3) is 0 Å². The summed E-state index contributed by atoms with van der Waals surface area (Å²) in [6.45, 7) is 8.00. The molecule has 3 aromatic carbocycles. The minimum absolute atomic E-state index is 0. The number of pyridine rings is 1. The average molecular weight is 689 g/mol. The van der Waals surface area contributed by atoms with Crippen LogP contribution >= 0.6 is 0 Å². The predicted octanol–water partition coefficient (Wildman–Crippen LogP) is 8.83. The number of aliphatic hydroxyl groups is 1. The maximum Gasteiger partial charge on any atom is 0.159 e. The molecule has 1 N–H and O–H groups in total. The van der Waals surface area contributed by atoms with Gasteiger partial charge in [0.05, 0.1) is 16.7 Å². The second-order valence-corrected chi connectivity index (χ2v) is 9.97. The van der Waals surface area contributed by atoms with E-state index in [1.54, 1.807) is 12.1 Å². The monoisotopic (exact) mass is 689 g/mol. The van der Waals surface area contributed by atoms with Gasteiger partial charge in [-0.3, -0.25) is 9.78 Å². The largest absolute Gasteiger partial charge is 0.512 e. The Bertz CT molecular complexity index is 1570. The molecule has 0 amide bonds. The van der Waals surface area contributed by atoms with Gasteiger partial charge in [0.15, 0.2) is 5.78 Å². The molecule has 0 atom stereocenters. The van der Waals surface area contributed by atoms with Gasteiger partial charge in [-0.25, -0.2) is 4.39 Å². The zero-order chi connectivity index (χ0) is 26.5. The maximum atomic E-state index is 14.5. The van der Waals surface area contributed by atoms with Gasteiger partial charge in [0.1, 0.15) is 17.0 Å². The van der Waals surface area contributed by atoms with Crippen molar-refractivity contribution in [3.05, 3.63) is 90.4 Å². The fourth-order valence-electron chi connectivity index (χ4n) is 4.33. The van der Waals surface area contributed by atoms with Crippen molar-refractivity contribution in [2.24, 2.45) is 11.8 Å². The minimum Gasteiger partial charge on any atom is -0.512 e. The molecule has 0 bridgehead atoms. The molecule has 4 nitrogen and oxygen atoms in total. The molecule has 0 aliphatic rings. The molecule has 6 heteroatoms. The average Bonchev–Trinajstić information content (AvgIpc) is 3.24. The molecular weight excluding hydrogens is 658 g/mol. The molecule has 0 saturated heterocycles. The normalized spacial score (nSPS) is 11.6. The zero-order valence-corrected chi connectivity index (χ0v) is 24.3. The van der Waals surface area contributed by atoms with Crippen molar-refractivity contribution < 1.29 is 38.8 Å². The van der Waals surface area contributed by atoms with Crippen LogP contribution in [0.25, 0.3) is 44.1 Å². The second-order valence-electron chi connectivity index (χ2n) is 9.97. The van der Waals surface area contributed by atoms with Gasteiger partial charge in [-0.2, -0.15) is 0 Å². The molecule has 0 spiro atoms. The molecule has 0 unspecified atom stereocenters. The van der Waals surface area contributed by atoms with Crippen molar-refractivity contribution in [2.45, 2.75) is 40.5 Å². The Labute approximate surface area is 235 Å². The standard InChI is InChI=1S/C21H11FNO.C11H20O2.Ir/c22-15-10-6-12-17-19(15)18-14-9-4-5-11-16(14)23-20(21(18)24-17)13-7-2-1-3-8-13;1-8(2)5-10(12)7-11(13)6-9(3)4;/h1-7,9-12H;7-9,12H,5-6H2,1-4H3;/q-1;;/b;10-7-;. The quantitative estimate of drug-likeness (QED) is 0.110. The number of hydrogen-bond donors (Lipinski definition) is 1. The summed E-state index contributed by atoms with van der Waals surface area (Å²) < 4.78 is 20.5. The van der Waals surface area contributed by atoms with Gasteiger partial charge < -0.3 is 9.52 Å². The molecule has 1 radical (unpaired) electrons. The number of allylic oxidation sites excluding steroid dienone is 2. The molecule has 2 aromatic heterocycles. The number of aliphatic hydroxyl groups excluding tert-OH is 1. The molecule has 5 rings (SSSR count). The number of furan rings is 1. The van der Waals surface area contributed by atoms with Crippen molar-refractivity contribution in [1.82, 2.24) is 4.98 Å². The van der Waals surface area contributed by atoms with Crippen molar-refractivity contribution in [3.8, 4) is 11.3 Å². The summed E-state index contributed by atoms with van der Waals surface area (Å²) in [5.41, 5.74) is 3.44. The van der Waals surface area contributed by atoms with Gasteiger partial charge in [-0.15, -0.1) is 35.9 Å². The number of ketones is 1. The van der Waals surface area contributed by atoms with Gasteiger partial charge in [-0.1, -0.05) is 52.0 Å². The van der Waals surface area contributed by atoms with Gasteiger partial charge in [0, 0.05) is 55.5 Å². The smallest absolute Gasteiger partial charge is 0.159 e. The van der Waals surface area contributed by atoms with Gasteiger partial charge in [0.2, 0.25) is 0 Å². The zero-order valence-electron chi connectivity index (χ0n) is 21.9. The van der Waals surface area contributed by atoms with Crippen LogP contribution in [-0.4, -0.2) is 15.9 Å². The van der Waals surface area contributed by atoms with Crippen LogP contribution in [0.2, 0.25) is 0 Å². The number of carbonyl (C=O) groups excluding carboxylic acids is 1. The van der Waals surface area contributed by atoms with Crippen molar-refractivity contribution in [2.75, 3.05) is 0 Å².